The predicted molar refractivity (Wildman–Crippen MR) is 150 cm³/mol. The van der Waals surface area contributed by atoms with E-state index in [1.165, 1.54) is 18.4 Å². The molecule has 1 aromatic carbocycles. The summed E-state index contributed by atoms with van der Waals surface area (Å²) in [6, 6.07) is 7.04. The molecule has 2 aromatic rings. The molecule has 11 nitrogen and oxygen atoms in total. The number of sulfonamides is 1. The molecule has 39 heavy (non-hydrogen) atoms. The summed E-state index contributed by atoms with van der Waals surface area (Å²) in [4.78, 5) is 27.2. The lowest BCUT2D eigenvalue weighted by atomic mass is 10.1. The first-order valence-corrected chi connectivity index (χ1v) is 16.6. The Hall–Kier alpha value is -2.23. The first-order chi connectivity index (χ1) is 18.8. The van der Waals surface area contributed by atoms with Crippen LogP contribution >= 0.6 is 11.3 Å². The van der Waals surface area contributed by atoms with Gasteiger partial charge < -0.3 is 9.57 Å². The van der Waals surface area contributed by atoms with Crippen LogP contribution in [0.15, 0.2) is 40.5 Å². The van der Waals surface area contributed by atoms with Crippen molar-refractivity contribution in [2.45, 2.75) is 60.1 Å². The summed E-state index contributed by atoms with van der Waals surface area (Å²) in [6.45, 7) is 2.99. The quantitative estimate of drug-likeness (QED) is 0.297. The van der Waals surface area contributed by atoms with Crippen LogP contribution in [0.5, 0.6) is 0 Å². The van der Waals surface area contributed by atoms with Gasteiger partial charge in [0.1, 0.15) is 0 Å². The van der Waals surface area contributed by atoms with Crippen molar-refractivity contribution in [3.63, 3.8) is 0 Å². The maximum Gasteiger partial charge on any atom is 0.280 e. The Morgan fingerprint density at radius 2 is 1.95 bits per heavy atom. The van der Waals surface area contributed by atoms with E-state index in [1.807, 2.05) is 0 Å². The van der Waals surface area contributed by atoms with Crippen LogP contribution in [0.3, 0.4) is 0 Å². The second kappa shape index (κ2) is 12.5. The van der Waals surface area contributed by atoms with E-state index in [0.29, 0.717) is 62.8 Å². The fourth-order valence-electron chi connectivity index (χ4n) is 4.53. The number of carbonyl (C=O) groups excluding carboxylic acids is 1. The number of piperidine rings is 1. The number of likely N-dealkylation sites (tertiary alicyclic amines) is 1. The highest BCUT2D eigenvalue weighted by molar-refractivity contribution is 7.90. The number of carbonyl (C=O) groups is 1. The first-order valence-electron chi connectivity index (χ1n) is 13.1. The SMILES string of the molecule is CNS(=O)(=O)C1CCN(Cc2cnc(NC(=O)/C(=N/O[C@@H]3CCOC3)c3ccc(S(=O)C4CC4)cc3)s2)CC1. The normalized spacial score (nSPS) is 22.1. The molecule has 2 N–H and O–H groups in total. The van der Waals surface area contributed by atoms with Crippen LogP contribution in [0.1, 0.15) is 42.5 Å². The second-order valence-corrected chi connectivity index (χ2v) is 14.9. The van der Waals surface area contributed by atoms with Crippen LogP contribution in [0.25, 0.3) is 0 Å². The number of oxime groups is 1. The van der Waals surface area contributed by atoms with E-state index >= 15 is 0 Å². The van der Waals surface area contributed by atoms with E-state index in [0.717, 1.165) is 22.6 Å². The third kappa shape index (κ3) is 7.30. The number of benzene rings is 1. The molecule has 0 bridgehead atoms. The predicted octanol–water partition coefficient (Wildman–Crippen LogP) is 2.07. The lowest BCUT2D eigenvalue weighted by molar-refractivity contribution is -0.110. The van der Waals surface area contributed by atoms with Gasteiger partial charge in [-0.2, -0.15) is 0 Å². The summed E-state index contributed by atoms with van der Waals surface area (Å²) in [6.07, 6.45) is 5.32. The Bertz CT molecular complexity index is 1310. The topological polar surface area (TPSA) is 139 Å². The molecule has 0 spiro atoms. The van der Waals surface area contributed by atoms with Crippen molar-refractivity contribution < 1.29 is 27.0 Å². The molecular formula is C25H33N5O6S3. The van der Waals surface area contributed by atoms with Crippen molar-refractivity contribution >= 4 is 48.9 Å². The third-order valence-corrected chi connectivity index (χ3v) is 11.6. The molecule has 3 fully saturated rings. The van der Waals surface area contributed by atoms with E-state index in [9.17, 15) is 17.4 Å². The lowest BCUT2D eigenvalue weighted by Gasteiger charge is -2.30. The Labute approximate surface area is 234 Å². The molecule has 2 saturated heterocycles. The Morgan fingerprint density at radius 1 is 1.21 bits per heavy atom. The van der Waals surface area contributed by atoms with Crippen LogP contribution in [0, 0.1) is 0 Å². The van der Waals surface area contributed by atoms with Crippen molar-refractivity contribution in [2.75, 3.05) is 38.7 Å². The molecule has 1 aromatic heterocycles. The number of aromatic nitrogens is 1. The van der Waals surface area contributed by atoms with E-state index in [-0.39, 0.29) is 22.3 Å². The molecule has 212 valence electrons. The number of nitrogens with zero attached hydrogens (tertiary/aromatic N) is 3. The number of nitrogens with one attached hydrogen (secondary N) is 2. The highest BCUT2D eigenvalue weighted by atomic mass is 32.2. The Balaban J connectivity index is 1.23. The van der Waals surface area contributed by atoms with Crippen LogP contribution in [-0.4, -0.2) is 84.1 Å². The molecule has 0 radical (unpaired) electrons. The van der Waals surface area contributed by atoms with E-state index in [1.54, 1.807) is 30.5 Å². The highest BCUT2D eigenvalue weighted by Crippen LogP contribution is 2.30. The van der Waals surface area contributed by atoms with Crippen molar-refractivity contribution in [3.8, 4) is 0 Å². The molecule has 5 rings (SSSR count). The second-order valence-electron chi connectivity index (χ2n) is 9.86. The zero-order chi connectivity index (χ0) is 27.4. The standard InChI is InChI=1S/C25H33N5O6S3/c1-26-39(33,34)22-8-11-30(12-9-22)15-19-14-27-25(37-19)28-24(31)23(29-36-18-10-13-35-16-18)17-2-4-20(5-3-17)38(32)21-6-7-21/h2-5,14,18,21-22,26H,6-13,15-16H2,1H3,(H,27,28,31)/b29-23+/t18-,38?/m1/s1. The van der Waals surface area contributed by atoms with Crippen molar-refractivity contribution in [1.29, 1.82) is 0 Å². The van der Waals surface area contributed by atoms with Gasteiger partial charge in [0.2, 0.25) is 10.0 Å². The first kappa shape index (κ1) is 28.3. The van der Waals surface area contributed by atoms with E-state index in [4.69, 9.17) is 9.57 Å². The smallest absolute Gasteiger partial charge is 0.280 e. The van der Waals surface area contributed by atoms with Crippen LogP contribution in [0.2, 0.25) is 0 Å². The largest absolute Gasteiger partial charge is 0.389 e. The molecule has 3 heterocycles. The summed E-state index contributed by atoms with van der Waals surface area (Å²) in [5.74, 6) is -0.455. The minimum Gasteiger partial charge on any atom is -0.389 e. The monoisotopic (exact) mass is 595 g/mol. The average Bonchev–Trinajstić information content (AvgIpc) is 3.49. The molecule has 1 aliphatic carbocycles. The average molecular weight is 596 g/mol. The van der Waals surface area contributed by atoms with Crippen LogP contribution < -0.4 is 10.0 Å². The maximum atomic E-state index is 13.3. The summed E-state index contributed by atoms with van der Waals surface area (Å²) < 4.78 is 44.4. The summed E-state index contributed by atoms with van der Waals surface area (Å²) >= 11 is 1.37. The summed E-state index contributed by atoms with van der Waals surface area (Å²) in [7, 11) is -2.84. The summed E-state index contributed by atoms with van der Waals surface area (Å²) in [5, 5.41) is 7.32. The van der Waals surface area contributed by atoms with Gasteiger partial charge >= 0.3 is 0 Å². The van der Waals surface area contributed by atoms with Crippen molar-refractivity contribution in [3.05, 3.63) is 40.9 Å². The number of hydrogen-bond acceptors (Lipinski definition) is 10. The maximum absolute atomic E-state index is 13.3. The Kier molecular flexibility index (Phi) is 9.09. The zero-order valence-corrected chi connectivity index (χ0v) is 24.2. The number of anilines is 1. The van der Waals surface area contributed by atoms with Gasteiger partial charge in [-0.15, -0.1) is 11.3 Å². The van der Waals surface area contributed by atoms with E-state index in [2.05, 4.69) is 25.1 Å². The minimum absolute atomic E-state index is 0.107. The van der Waals surface area contributed by atoms with Gasteiger partial charge in [0.15, 0.2) is 16.9 Å². The van der Waals surface area contributed by atoms with Gasteiger partial charge in [0.25, 0.3) is 5.91 Å². The zero-order valence-electron chi connectivity index (χ0n) is 21.7. The molecule has 2 aliphatic heterocycles. The number of rotatable bonds is 11. The fourth-order valence-corrected chi connectivity index (χ4v) is 7.90. The van der Waals surface area contributed by atoms with Gasteiger partial charge in [-0.3, -0.25) is 19.2 Å². The van der Waals surface area contributed by atoms with Crippen molar-refractivity contribution in [1.82, 2.24) is 14.6 Å². The molecule has 2 atom stereocenters. The molecule has 3 aliphatic rings. The van der Waals surface area contributed by atoms with Gasteiger partial charge in [-0.05, 0) is 58.0 Å². The minimum atomic E-state index is -3.25. The van der Waals surface area contributed by atoms with Crippen molar-refractivity contribution in [2.24, 2.45) is 5.16 Å². The van der Waals surface area contributed by atoms with Gasteiger partial charge in [-0.1, -0.05) is 17.3 Å². The molecule has 1 amide bonds. The van der Waals surface area contributed by atoms with Crippen LogP contribution in [0.4, 0.5) is 5.13 Å². The number of ether oxygens (including phenoxy) is 1. The number of thiazole rings is 1. The fraction of sp³-hybridized carbons (Fsp3) is 0.560. The molecular weight excluding hydrogens is 563 g/mol. The number of amides is 1. The van der Waals surface area contributed by atoms with Gasteiger partial charge in [0.05, 0.1) is 29.3 Å². The van der Waals surface area contributed by atoms with E-state index < -0.39 is 26.7 Å². The lowest BCUT2D eigenvalue weighted by Crippen LogP contribution is -2.42. The van der Waals surface area contributed by atoms with Crippen LogP contribution in [-0.2, 0) is 41.7 Å². The summed E-state index contributed by atoms with van der Waals surface area (Å²) in [5.41, 5.74) is 0.661. The van der Waals surface area contributed by atoms with Gasteiger partial charge in [0, 0.05) is 39.7 Å². The van der Waals surface area contributed by atoms with Gasteiger partial charge in [-0.25, -0.2) is 18.1 Å². The highest BCUT2D eigenvalue weighted by Gasteiger charge is 2.30. The molecule has 14 heteroatoms. The molecule has 1 saturated carbocycles. The number of hydrogen-bond donors (Lipinski definition) is 2. The molecule has 1 unspecified atom stereocenters. The third-order valence-electron chi connectivity index (χ3n) is 6.99. The Morgan fingerprint density at radius 3 is 2.59 bits per heavy atom.